The summed E-state index contributed by atoms with van der Waals surface area (Å²) in [6.45, 7) is 2.99. The largest absolute Gasteiger partial charge is 0.343 e. The van der Waals surface area contributed by atoms with Gasteiger partial charge in [-0.3, -0.25) is 14.5 Å². The SMILES string of the molecule is CN1CCN(Cc2ccc3c(c2)CCC3=O)CC1=O. The minimum Gasteiger partial charge on any atom is -0.343 e. The molecule has 1 aromatic carbocycles. The number of rotatable bonds is 2. The van der Waals surface area contributed by atoms with E-state index in [4.69, 9.17) is 0 Å². The van der Waals surface area contributed by atoms with Gasteiger partial charge < -0.3 is 4.90 Å². The summed E-state index contributed by atoms with van der Waals surface area (Å²) in [5.41, 5.74) is 3.26. The molecule has 3 rings (SSSR count). The summed E-state index contributed by atoms with van der Waals surface area (Å²) in [7, 11) is 1.85. The second kappa shape index (κ2) is 4.78. The van der Waals surface area contributed by atoms with Crippen LogP contribution in [0.5, 0.6) is 0 Å². The van der Waals surface area contributed by atoms with Crippen LogP contribution in [0.3, 0.4) is 0 Å². The Labute approximate surface area is 113 Å². The van der Waals surface area contributed by atoms with Crippen molar-refractivity contribution in [2.75, 3.05) is 26.7 Å². The molecule has 0 radical (unpaired) electrons. The van der Waals surface area contributed by atoms with E-state index in [1.54, 1.807) is 4.90 Å². The highest BCUT2D eigenvalue weighted by Crippen LogP contribution is 2.23. The molecule has 2 aliphatic rings. The van der Waals surface area contributed by atoms with Crippen LogP contribution in [-0.4, -0.2) is 48.2 Å². The zero-order valence-corrected chi connectivity index (χ0v) is 11.2. The molecular weight excluding hydrogens is 240 g/mol. The summed E-state index contributed by atoms with van der Waals surface area (Å²) in [4.78, 5) is 27.2. The number of aryl methyl sites for hydroxylation is 1. The fourth-order valence-electron chi connectivity index (χ4n) is 2.81. The van der Waals surface area contributed by atoms with Gasteiger partial charge in [0.1, 0.15) is 0 Å². The molecule has 100 valence electrons. The molecule has 0 N–H and O–H groups in total. The molecule has 1 aromatic rings. The highest BCUT2D eigenvalue weighted by atomic mass is 16.2. The van der Waals surface area contributed by atoms with Crippen molar-refractivity contribution in [2.45, 2.75) is 19.4 Å². The van der Waals surface area contributed by atoms with Gasteiger partial charge in [-0.25, -0.2) is 0 Å². The van der Waals surface area contributed by atoms with Gasteiger partial charge in [-0.05, 0) is 17.5 Å². The molecule has 1 saturated heterocycles. The quantitative estimate of drug-likeness (QED) is 0.797. The molecule has 0 atom stereocenters. The summed E-state index contributed by atoms with van der Waals surface area (Å²) in [6, 6.07) is 6.09. The number of ketones is 1. The Morgan fingerprint density at radius 2 is 2.00 bits per heavy atom. The lowest BCUT2D eigenvalue weighted by atomic mass is 10.1. The zero-order valence-electron chi connectivity index (χ0n) is 11.2. The normalized spacial score (nSPS) is 19.9. The molecule has 0 spiro atoms. The number of fused-ring (bicyclic) bond motifs is 1. The summed E-state index contributed by atoms with van der Waals surface area (Å²) >= 11 is 0. The maximum absolute atomic E-state index is 11.7. The second-order valence-corrected chi connectivity index (χ2v) is 5.44. The van der Waals surface area contributed by atoms with Crippen LogP contribution >= 0.6 is 0 Å². The van der Waals surface area contributed by atoms with E-state index in [1.807, 2.05) is 19.2 Å². The molecule has 4 nitrogen and oxygen atoms in total. The van der Waals surface area contributed by atoms with E-state index >= 15 is 0 Å². The van der Waals surface area contributed by atoms with Crippen molar-refractivity contribution >= 4 is 11.7 Å². The molecule has 0 bridgehead atoms. The van der Waals surface area contributed by atoms with Crippen LogP contribution in [0, 0.1) is 0 Å². The van der Waals surface area contributed by atoms with E-state index < -0.39 is 0 Å². The molecule has 1 amide bonds. The number of carbonyl (C=O) groups excluding carboxylic acids is 2. The molecule has 0 aromatic heterocycles. The molecule has 19 heavy (non-hydrogen) atoms. The topological polar surface area (TPSA) is 40.6 Å². The lowest BCUT2D eigenvalue weighted by Crippen LogP contribution is -2.47. The standard InChI is InChI=1S/C15H18N2O2/c1-16-6-7-17(10-15(16)19)9-11-2-4-13-12(8-11)3-5-14(13)18/h2,4,8H,3,5-7,9-10H2,1H3. The molecular formula is C15H18N2O2. The minimum absolute atomic E-state index is 0.183. The monoisotopic (exact) mass is 258 g/mol. The summed E-state index contributed by atoms with van der Waals surface area (Å²) in [5, 5.41) is 0. The van der Waals surface area contributed by atoms with E-state index in [1.165, 1.54) is 11.1 Å². The van der Waals surface area contributed by atoms with Gasteiger partial charge >= 0.3 is 0 Å². The van der Waals surface area contributed by atoms with Crippen molar-refractivity contribution in [1.29, 1.82) is 0 Å². The maximum Gasteiger partial charge on any atom is 0.236 e. The Bertz CT molecular complexity index is 539. The smallest absolute Gasteiger partial charge is 0.236 e. The number of nitrogens with zero attached hydrogens (tertiary/aromatic N) is 2. The first-order valence-corrected chi connectivity index (χ1v) is 6.75. The predicted molar refractivity (Wildman–Crippen MR) is 72.0 cm³/mol. The Hall–Kier alpha value is -1.68. The van der Waals surface area contributed by atoms with E-state index in [0.717, 1.165) is 31.6 Å². The zero-order chi connectivity index (χ0) is 13.4. The lowest BCUT2D eigenvalue weighted by Gasteiger charge is -2.32. The van der Waals surface area contributed by atoms with Gasteiger partial charge in [0, 0.05) is 38.7 Å². The molecule has 0 saturated carbocycles. The first-order chi connectivity index (χ1) is 9.13. The number of likely N-dealkylation sites (N-methyl/N-ethyl adjacent to an activating group) is 1. The number of Topliss-reactive ketones (excluding diaryl/α,β-unsaturated/α-hetero) is 1. The van der Waals surface area contributed by atoms with Gasteiger partial charge in [0.15, 0.2) is 5.78 Å². The van der Waals surface area contributed by atoms with Crippen molar-refractivity contribution in [3.05, 3.63) is 34.9 Å². The highest BCUT2D eigenvalue weighted by Gasteiger charge is 2.22. The lowest BCUT2D eigenvalue weighted by molar-refractivity contribution is -0.134. The summed E-state index contributed by atoms with van der Waals surface area (Å²) in [5.74, 6) is 0.443. The van der Waals surface area contributed by atoms with Crippen LogP contribution < -0.4 is 0 Å². The number of hydrogen-bond donors (Lipinski definition) is 0. The van der Waals surface area contributed by atoms with Crippen molar-refractivity contribution < 1.29 is 9.59 Å². The van der Waals surface area contributed by atoms with Gasteiger partial charge in [0.05, 0.1) is 6.54 Å². The van der Waals surface area contributed by atoms with E-state index in [-0.39, 0.29) is 11.7 Å². The number of carbonyl (C=O) groups is 2. The number of amides is 1. The third kappa shape index (κ3) is 2.40. The minimum atomic E-state index is 0.183. The van der Waals surface area contributed by atoms with E-state index in [2.05, 4.69) is 11.0 Å². The fourth-order valence-corrected chi connectivity index (χ4v) is 2.81. The number of benzene rings is 1. The Kier molecular flexibility index (Phi) is 3.11. The van der Waals surface area contributed by atoms with Gasteiger partial charge in [0.2, 0.25) is 5.91 Å². The number of piperazine rings is 1. The Morgan fingerprint density at radius 3 is 2.79 bits per heavy atom. The molecule has 4 heteroatoms. The second-order valence-electron chi connectivity index (χ2n) is 5.44. The third-order valence-corrected chi connectivity index (χ3v) is 4.03. The fraction of sp³-hybridized carbons (Fsp3) is 0.467. The summed E-state index contributed by atoms with van der Waals surface area (Å²) in [6.07, 6.45) is 1.51. The average molecular weight is 258 g/mol. The molecule has 0 unspecified atom stereocenters. The maximum atomic E-state index is 11.7. The highest BCUT2D eigenvalue weighted by molar-refractivity contribution is 6.00. The molecule has 1 fully saturated rings. The third-order valence-electron chi connectivity index (χ3n) is 4.03. The van der Waals surface area contributed by atoms with E-state index in [9.17, 15) is 9.59 Å². The van der Waals surface area contributed by atoms with Gasteiger partial charge in [-0.1, -0.05) is 18.2 Å². The van der Waals surface area contributed by atoms with Crippen LogP contribution in [0.4, 0.5) is 0 Å². The van der Waals surface area contributed by atoms with Crippen LogP contribution in [-0.2, 0) is 17.8 Å². The Balaban J connectivity index is 1.71. The molecule has 1 heterocycles. The molecule has 1 aliphatic carbocycles. The van der Waals surface area contributed by atoms with Gasteiger partial charge in [-0.2, -0.15) is 0 Å². The predicted octanol–water partition coefficient (Wildman–Crippen LogP) is 1.09. The summed E-state index contributed by atoms with van der Waals surface area (Å²) < 4.78 is 0. The van der Waals surface area contributed by atoms with Crippen molar-refractivity contribution in [3.63, 3.8) is 0 Å². The van der Waals surface area contributed by atoms with Crippen molar-refractivity contribution in [1.82, 2.24) is 9.80 Å². The van der Waals surface area contributed by atoms with Gasteiger partial charge in [-0.15, -0.1) is 0 Å². The average Bonchev–Trinajstić information content (AvgIpc) is 2.75. The van der Waals surface area contributed by atoms with Crippen LogP contribution in [0.2, 0.25) is 0 Å². The van der Waals surface area contributed by atoms with E-state index in [0.29, 0.717) is 13.0 Å². The van der Waals surface area contributed by atoms with Gasteiger partial charge in [0.25, 0.3) is 0 Å². The number of hydrogen-bond acceptors (Lipinski definition) is 3. The van der Waals surface area contributed by atoms with Crippen molar-refractivity contribution in [3.8, 4) is 0 Å². The first kappa shape index (κ1) is 12.4. The van der Waals surface area contributed by atoms with Crippen molar-refractivity contribution in [2.24, 2.45) is 0 Å². The van der Waals surface area contributed by atoms with Crippen LogP contribution in [0.25, 0.3) is 0 Å². The Morgan fingerprint density at radius 1 is 1.16 bits per heavy atom. The first-order valence-electron chi connectivity index (χ1n) is 6.75. The van der Waals surface area contributed by atoms with Crippen LogP contribution in [0.15, 0.2) is 18.2 Å². The van der Waals surface area contributed by atoms with Crippen LogP contribution in [0.1, 0.15) is 27.9 Å². The molecule has 1 aliphatic heterocycles.